The van der Waals surface area contributed by atoms with Crippen LogP contribution in [-0.4, -0.2) is 50.9 Å². The summed E-state index contributed by atoms with van der Waals surface area (Å²) in [6.45, 7) is 3.32. The zero-order valence-electron chi connectivity index (χ0n) is 17.1. The van der Waals surface area contributed by atoms with Gasteiger partial charge in [0.15, 0.2) is 0 Å². The van der Waals surface area contributed by atoms with Gasteiger partial charge in [0.25, 0.3) is 0 Å². The van der Waals surface area contributed by atoms with E-state index in [4.69, 9.17) is 5.73 Å². The molecule has 30 heavy (non-hydrogen) atoms. The molecule has 2 aromatic rings. The SMILES string of the molecule is CC1CCCN(C(=O)C(=O)Nc2cnc(N)c3cn[nH]c23)C1.FC1(F)CCCCC1. The van der Waals surface area contributed by atoms with Crippen LogP contribution in [0.5, 0.6) is 0 Å². The number of nitrogens with zero attached hydrogens (tertiary/aromatic N) is 3. The highest BCUT2D eigenvalue weighted by atomic mass is 19.3. The van der Waals surface area contributed by atoms with Gasteiger partial charge in [-0.2, -0.15) is 5.10 Å². The first-order valence-electron chi connectivity index (χ1n) is 10.3. The molecule has 1 saturated carbocycles. The number of aromatic nitrogens is 3. The number of pyridine rings is 1. The molecule has 1 atom stereocenters. The number of H-pyrrole nitrogens is 1. The van der Waals surface area contributed by atoms with Crippen LogP contribution in [0.3, 0.4) is 0 Å². The number of halogens is 2. The van der Waals surface area contributed by atoms with Crippen LogP contribution in [0.1, 0.15) is 51.9 Å². The van der Waals surface area contributed by atoms with Crippen molar-refractivity contribution in [3.05, 3.63) is 12.4 Å². The molecule has 4 N–H and O–H groups in total. The molecular weight excluding hydrogens is 394 g/mol. The van der Waals surface area contributed by atoms with Crippen molar-refractivity contribution in [1.82, 2.24) is 20.1 Å². The number of anilines is 2. The number of nitrogen functional groups attached to an aromatic ring is 1. The van der Waals surface area contributed by atoms with Gasteiger partial charge in [-0.1, -0.05) is 13.3 Å². The van der Waals surface area contributed by atoms with Gasteiger partial charge >= 0.3 is 11.8 Å². The Morgan fingerprint density at radius 2 is 1.97 bits per heavy atom. The third-order valence-corrected chi connectivity index (χ3v) is 5.49. The van der Waals surface area contributed by atoms with Crippen molar-refractivity contribution in [3.63, 3.8) is 0 Å². The van der Waals surface area contributed by atoms with Crippen molar-refractivity contribution in [1.29, 1.82) is 0 Å². The Morgan fingerprint density at radius 1 is 1.23 bits per heavy atom. The van der Waals surface area contributed by atoms with E-state index < -0.39 is 17.7 Å². The summed E-state index contributed by atoms with van der Waals surface area (Å²) in [5.74, 6) is -2.77. The van der Waals surface area contributed by atoms with Crippen molar-refractivity contribution < 1.29 is 18.4 Å². The molecule has 1 unspecified atom stereocenters. The summed E-state index contributed by atoms with van der Waals surface area (Å²) < 4.78 is 24.4. The van der Waals surface area contributed by atoms with Gasteiger partial charge in [-0.15, -0.1) is 0 Å². The normalized spacial score (nSPS) is 20.9. The van der Waals surface area contributed by atoms with Crippen LogP contribution in [0, 0.1) is 5.92 Å². The first-order chi connectivity index (χ1) is 14.3. The van der Waals surface area contributed by atoms with E-state index in [1.165, 1.54) is 12.4 Å². The van der Waals surface area contributed by atoms with E-state index >= 15 is 0 Å². The summed E-state index contributed by atoms with van der Waals surface area (Å²) in [7, 11) is 0. The Labute approximate surface area is 173 Å². The van der Waals surface area contributed by atoms with Gasteiger partial charge in [0.05, 0.1) is 29.0 Å². The van der Waals surface area contributed by atoms with Gasteiger partial charge in [-0.25, -0.2) is 13.8 Å². The van der Waals surface area contributed by atoms with Gasteiger partial charge < -0.3 is 16.0 Å². The molecule has 0 aromatic carbocycles. The van der Waals surface area contributed by atoms with E-state index in [1.54, 1.807) is 4.90 Å². The van der Waals surface area contributed by atoms with E-state index in [0.717, 1.165) is 19.3 Å². The Morgan fingerprint density at radius 3 is 2.60 bits per heavy atom. The second-order valence-electron chi connectivity index (χ2n) is 8.09. The number of carbonyl (C=O) groups excluding carboxylic acids is 2. The zero-order chi connectivity index (χ0) is 21.7. The number of nitrogens with one attached hydrogen (secondary N) is 2. The van der Waals surface area contributed by atoms with Crippen LogP contribution in [-0.2, 0) is 9.59 Å². The highest BCUT2D eigenvalue weighted by Crippen LogP contribution is 2.32. The Hall–Kier alpha value is -2.78. The molecule has 2 fully saturated rings. The highest BCUT2D eigenvalue weighted by molar-refractivity contribution is 6.40. The smallest absolute Gasteiger partial charge is 0.314 e. The molecule has 10 heteroatoms. The predicted molar refractivity (Wildman–Crippen MR) is 110 cm³/mol. The molecule has 1 aliphatic heterocycles. The number of hydrogen-bond acceptors (Lipinski definition) is 5. The van der Waals surface area contributed by atoms with Crippen molar-refractivity contribution in [2.24, 2.45) is 5.92 Å². The number of alkyl halides is 2. The minimum Gasteiger partial charge on any atom is -0.383 e. The van der Waals surface area contributed by atoms with Crippen LogP contribution in [0.4, 0.5) is 20.3 Å². The lowest BCUT2D eigenvalue weighted by Crippen LogP contribution is -2.44. The molecule has 0 radical (unpaired) electrons. The summed E-state index contributed by atoms with van der Waals surface area (Å²) in [4.78, 5) is 30.0. The minimum absolute atomic E-state index is 0.118. The van der Waals surface area contributed by atoms with Crippen molar-refractivity contribution in [2.45, 2.75) is 57.8 Å². The molecular formula is C20H28F2N6O2. The molecule has 4 rings (SSSR count). The summed E-state index contributed by atoms with van der Waals surface area (Å²) in [5.41, 5.74) is 6.68. The van der Waals surface area contributed by atoms with E-state index in [9.17, 15) is 18.4 Å². The number of amides is 2. The molecule has 2 amide bonds. The lowest BCUT2D eigenvalue weighted by atomic mass is 9.97. The molecule has 3 heterocycles. The highest BCUT2D eigenvalue weighted by Gasteiger charge is 2.30. The average molecular weight is 422 g/mol. The molecule has 1 saturated heterocycles. The largest absolute Gasteiger partial charge is 0.383 e. The molecule has 2 aromatic heterocycles. The van der Waals surface area contributed by atoms with Gasteiger partial charge in [0, 0.05) is 25.9 Å². The number of aromatic amines is 1. The molecule has 2 aliphatic rings. The predicted octanol–water partition coefficient (Wildman–Crippen LogP) is 3.32. The van der Waals surface area contributed by atoms with E-state index in [2.05, 4.69) is 27.4 Å². The number of fused-ring (bicyclic) bond motifs is 1. The number of rotatable bonds is 1. The second kappa shape index (κ2) is 9.36. The number of hydrogen-bond donors (Lipinski definition) is 3. The molecule has 1 aliphatic carbocycles. The Balaban J connectivity index is 0.000000269. The lowest BCUT2D eigenvalue weighted by molar-refractivity contribution is -0.144. The Bertz CT molecular complexity index is 893. The van der Waals surface area contributed by atoms with E-state index in [1.807, 2.05) is 0 Å². The van der Waals surface area contributed by atoms with Crippen LogP contribution >= 0.6 is 0 Å². The second-order valence-corrected chi connectivity index (χ2v) is 8.09. The standard InChI is InChI=1S/C14H18N6O2.C6H10F2/c1-8-3-2-4-20(7-8)14(22)13(21)18-10-6-16-12(15)9-5-17-19-11(9)10;7-6(8)4-2-1-3-5-6/h5-6,8H,2-4,7H2,1H3,(H2,15,16)(H,17,19)(H,18,21);1-5H2. The monoisotopic (exact) mass is 422 g/mol. The van der Waals surface area contributed by atoms with Crippen LogP contribution in [0.2, 0.25) is 0 Å². The number of likely N-dealkylation sites (tertiary alicyclic amines) is 1. The van der Waals surface area contributed by atoms with Gasteiger partial charge in [-0.05, 0) is 31.6 Å². The van der Waals surface area contributed by atoms with Crippen molar-refractivity contribution in [3.8, 4) is 0 Å². The van der Waals surface area contributed by atoms with Crippen LogP contribution in [0.15, 0.2) is 12.4 Å². The quantitative estimate of drug-likeness (QED) is 0.610. The van der Waals surface area contributed by atoms with E-state index in [-0.39, 0.29) is 12.8 Å². The fourth-order valence-electron chi connectivity index (χ4n) is 3.81. The third-order valence-electron chi connectivity index (χ3n) is 5.49. The van der Waals surface area contributed by atoms with Crippen LogP contribution in [0.25, 0.3) is 10.9 Å². The van der Waals surface area contributed by atoms with Crippen LogP contribution < -0.4 is 11.1 Å². The van der Waals surface area contributed by atoms with Gasteiger partial charge in [0.2, 0.25) is 5.92 Å². The van der Waals surface area contributed by atoms with Crippen molar-refractivity contribution >= 4 is 34.2 Å². The summed E-state index contributed by atoms with van der Waals surface area (Å²) in [5, 5.41) is 9.83. The summed E-state index contributed by atoms with van der Waals surface area (Å²) >= 11 is 0. The molecule has 164 valence electrons. The maximum absolute atomic E-state index is 12.2. The van der Waals surface area contributed by atoms with Crippen molar-refractivity contribution in [2.75, 3.05) is 24.1 Å². The lowest BCUT2D eigenvalue weighted by Gasteiger charge is -2.30. The fraction of sp³-hybridized carbons (Fsp3) is 0.600. The number of carbonyl (C=O) groups is 2. The molecule has 0 spiro atoms. The summed E-state index contributed by atoms with van der Waals surface area (Å²) in [6.07, 6.45) is 7.62. The minimum atomic E-state index is -2.32. The molecule has 8 nitrogen and oxygen atoms in total. The molecule has 0 bridgehead atoms. The number of piperidine rings is 1. The topological polar surface area (TPSA) is 117 Å². The average Bonchev–Trinajstić information content (AvgIpc) is 3.21. The first kappa shape index (κ1) is 21.9. The fourth-order valence-corrected chi connectivity index (χ4v) is 3.81. The maximum Gasteiger partial charge on any atom is 0.314 e. The summed E-state index contributed by atoms with van der Waals surface area (Å²) in [6, 6.07) is 0. The van der Waals surface area contributed by atoms with E-state index in [0.29, 0.717) is 54.3 Å². The Kier molecular flexibility index (Phi) is 6.84. The van der Waals surface area contributed by atoms with Gasteiger partial charge in [-0.3, -0.25) is 14.7 Å². The zero-order valence-corrected chi connectivity index (χ0v) is 17.1. The van der Waals surface area contributed by atoms with Gasteiger partial charge in [0.1, 0.15) is 5.82 Å². The number of nitrogens with two attached hydrogens (primary N) is 1. The maximum atomic E-state index is 12.2. The first-order valence-corrected chi connectivity index (χ1v) is 10.3. The third kappa shape index (κ3) is 5.43.